The van der Waals surface area contributed by atoms with E-state index in [-0.39, 0.29) is 0 Å². The number of benzene rings is 1. The molecule has 3 rings (SSSR count). The number of hydrogen-bond acceptors (Lipinski definition) is 2. The number of nitrogens with zero attached hydrogens (tertiary/aromatic N) is 1. The van der Waals surface area contributed by atoms with E-state index in [9.17, 15) is 0 Å². The second-order valence-corrected chi connectivity index (χ2v) is 4.64. The summed E-state index contributed by atoms with van der Waals surface area (Å²) in [5.41, 5.74) is 4.32. The zero-order valence-corrected chi connectivity index (χ0v) is 9.20. The maximum atomic E-state index is 5.31. The van der Waals surface area contributed by atoms with Crippen LogP contribution in [0, 0.1) is 6.92 Å². The van der Waals surface area contributed by atoms with E-state index in [4.69, 9.17) is 4.74 Å². The van der Waals surface area contributed by atoms with Gasteiger partial charge in [0.25, 0.3) is 0 Å². The molecule has 1 aromatic rings. The average molecular weight is 203 g/mol. The molecule has 2 heteroatoms. The Morgan fingerprint density at radius 2 is 2.33 bits per heavy atom. The minimum absolute atomic E-state index is 0.497. The molecule has 2 aliphatic heterocycles. The van der Waals surface area contributed by atoms with Gasteiger partial charge < -0.3 is 9.64 Å². The highest BCUT2D eigenvalue weighted by Crippen LogP contribution is 2.29. The summed E-state index contributed by atoms with van der Waals surface area (Å²) in [5.74, 6) is 0. The summed E-state index contributed by atoms with van der Waals surface area (Å²) in [7, 11) is 0. The van der Waals surface area contributed by atoms with E-state index < -0.39 is 0 Å². The van der Waals surface area contributed by atoms with Gasteiger partial charge in [0.15, 0.2) is 0 Å². The molecule has 0 spiro atoms. The lowest BCUT2D eigenvalue weighted by molar-refractivity contribution is 0.406. The van der Waals surface area contributed by atoms with Crippen molar-refractivity contribution in [3.8, 4) is 0 Å². The predicted molar refractivity (Wildman–Crippen MR) is 61.5 cm³/mol. The topological polar surface area (TPSA) is 15.8 Å². The lowest BCUT2D eigenvalue weighted by atomic mass is 9.99. The Morgan fingerprint density at radius 1 is 1.47 bits per heavy atom. The normalized spacial score (nSPS) is 23.8. The molecule has 0 saturated carbocycles. The number of anilines is 1. The first-order valence-electron chi connectivity index (χ1n) is 5.79. The van der Waals surface area contributed by atoms with E-state index in [1.165, 1.54) is 36.2 Å². The number of rotatable bonds is 2. The zero-order valence-electron chi connectivity index (χ0n) is 9.20. The van der Waals surface area contributed by atoms with Crippen LogP contribution in [-0.4, -0.2) is 25.8 Å². The Kier molecular flexibility index (Phi) is 2.17. The third-order valence-corrected chi connectivity index (χ3v) is 3.28. The van der Waals surface area contributed by atoms with E-state index in [0.717, 1.165) is 13.2 Å². The maximum Gasteiger partial charge on any atom is 0.0984 e. The van der Waals surface area contributed by atoms with Crippen molar-refractivity contribution in [2.45, 2.75) is 25.9 Å². The molecule has 0 aliphatic carbocycles. The number of aryl methyl sites for hydroxylation is 2. The fraction of sp³-hybridized carbons (Fsp3) is 0.538. The smallest absolute Gasteiger partial charge is 0.0984 e. The lowest BCUT2D eigenvalue weighted by Crippen LogP contribution is -2.32. The van der Waals surface area contributed by atoms with E-state index in [1.807, 2.05) is 0 Å². The number of hydrogen-bond donors (Lipinski definition) is 0. The Bertz CT molecular complexity index is 371. The third-order valence-electron chi connectivity index (χ3n) is 3.28. The molecule has 0 radical (unpaired) electrons. The van der Waals surface area contributed by atoms with Crippen molar-refractivity contribution in [3.63, 3.8) is 0 Å². The number of epoxide rings is 1. The van der Waals surface area contributed by atoms with E-state index in [0.29, 0.717) is 6.10 Å². The van der Waals surface area contributed by atoms with Gasteiger partial charge in [-0.25, -0.2) is 0 Å². The summed E-state index contributed by atoms with van der Waals surface area (Å²) in [6.45, 7) is 5.40. The van der Waals surface area contributed by atoms with Gasteiger partial charge in [0, 0.05) is 18.8 Å². The van der Waals surface area contributed by atoms with Crippen molar-refractivity contribution < 1.29 is 4.74 Å². The number of ether oxygens (including phenoxy) is 1. The summed E-state index contributed by atoms with van der Waals surface area (Å²) < 4.78 is 5.31. The first-order chi connectivity index (χ1) is 7.33. The summed E-state index contributed by atoms with van der Waals surface area (Å²) in [4.78, 5) is 2.48. The van der Waals surface area contributed by atoms with E-state index >= 15 is 0 Å². The van der Waals surface area contributed by atoms with Gasteiger partial charge in [-0.2, -0.15) is 0 Å². The molecule has 1 saturated heterocycles. The zero-order chi connectivity index (χ0) is 10.3. The molecular weight excluding hydrogens is 186 g/mol. The van der Waals surface area contributed by atoms with E-state index in [2.05, 4.69) is 30.0 Å². The van der Waals surface area contributed by atoms with Crippen molar-refractivity contribution in [2.24, 2.45) is 0 Å². The summed E-state index contributed by atoms with van der Waals surface area (Å²) in [5, 5.41) is 0. The van der Waals surface area contributed by atoms with Crippen LogP contribution in [0.15, 0.2) is 18.2 Å². The predicted octanol–water partition coefficient (Wildman–Crippen LogP) is 2.15. The highest BCUT2D eigenvalue weighted by molar-refractivity contribution is 5.56. The van der Waals surface area contributed by atoms with Gasteiger partial charge in [-0.15, -0.1) is 0 Å². The van der Waals surface area contributed by atoms with Crippen LogP contribution in [0.5, 0.6) is 0 Å². The van der Waals surface area contributed by atoms with Gasteiger partial charge in [-0.05, 0) is 31.4 Å². The molecule has 0 unspecified atom stereocenters. The quantitative estimate of drug-likeness (QED) is 0.684. The molecule has 1 atom stereocenters. The maximum absolute atomic E-state index is 5.31. The molecule has 15 heavy (non-hydrogen) atoms. The van der Waals surface area contributed by atoms with Crippen molar-refractivity contribution in [2.75, 3.05) is 24.6 Å². The first-order valence-corrected chi connectivity index (χ1v) is 5.79. The lowest BCUT2D eigenvalue weighted by Gasteiger charge is -2.31. The molecule has 2 nitrogen and oxygen atoms in total. The molecule has 1 aromatic carbocycles. The van der Waals surface area contributed by atoms with Crippen LogP contribution in [-0.2, 0) is 11.2 Å². The van der Waals surface area contributed by atoms with Crippen LogP contribution < -0.4 is 4.90 Å². The molecule has 80 valence electrons. The Morgan fingerprint density at radius 3 is 3.13 bits per heavy atom. The summed E-state index contributed by atoms with van der Waals surface area (Å²) >= 11 is 0. The second kappa shape index (κ2) is 3.53. The molecule has 2 heterocycles. The molecular formula is C13H17NO. The van der Waals surface area contributed by atoms with E-state index in [1.54, 1.807) is 0 Å². The second-order valence-electron chi connectivity index (χ2n) is 4.64. The van der Waals surface area contributed by atoms with Crippen molar-refractivity contribution >= 4 is 5.69 Å². The highest BCUT2D eigenvalue weighted by atomic mass is 16.6. The third kappa shape index (κ3) is 1.86. The largest absolute Gasteiger partial charge is 0.371 e. The van der Waals surface area contributed by atoms with Gasteiger partial charge in [0.05, 0.1) is 12.7 Å². The SMILES string of the molecule is Cc1ccc2c(c1)CCCN2C[C@@H]1CO1. The average Bonchev–Trinajstić information content (AvgIpc) is 3.01. The standard InChI is InChI=1S/C13H17NO/c1-10-4-5-13-11(7-10)3-2-6-14(13)8-12-9-15-12/h4-5,7,12H,2-3,6,8-9H2,1H3/t12-/m1/s1. The van der Waals surface area contributed by atoms with Crippen LogP contribution in [0.4, 0.5) is 5.69 Å². The monoisotopic (exact) mass is 203 g/mol. The van der Waals surface area contributed by atoms with Crippen LogP contribution >= 0.6 is 0 Å². The summed E-state index contributed by atoms with van der Waals surface area (Å²) in [6.07, 6.45) is 3.01. The van der Waals surface area contributed by atoms with Crippen LogP contribution in [0.1, 0.15) is 17.5 Å². The Balaban J connectivity index is 1.87. The molecule has 0 bridgehead atoms. The highest BCUT2D eigenvalue weighted by Gasteiger charge is 2.27. The molecule has 0 amide bonds. The van der Waals surface area contributed by atoms with Crippen LogP contribution in [0.2, 0.25) is 0 Å². The van der Waals surface area contributed by atoms with Crippen molar-refractivity contribution in [1.82, 2.24) is 0 Å². The van der Waals surface area contributed by atoms with Gasteiger partial charge >= 0.3 is 0 Å². The Hall–Kier alpha value is -1.02. The van der Waals surface area contributed by atoms with Gasteiger partial charge in [-0.3, -0.25) is 0 Å². The molecule has 1 fully saturated rings. The van der Waals surface area contributed by atoms with Gasteiger partial charge in [0.1, 0.15) is 0 Å². The molecule has 2 aliphatic rings. The van der Waals surface area contributed by atoms with Gasteiger partial charge in [0.2, 0.25) is 0 Å². The van der Waals surface area contributed by atoms with Crippen molar-refractivity contribution in [1.29, 1.82) is 0 Å². The number of fused-ring (bicyclic) bond motifs is 1. The molecule has 0 aromatic heterocycles. The van der Waals surface area contributed by atoms with Crippen LogP contribution in [0.25, 0.3) is 0 Å². The minimum Gasteiger partial charge on any atom is -0.371 e. The fourth-order valence-electron chi connectivity index (χ4n) is 2.41. The molecule has 0 N–H and O–H groups in total. The van der Waals surface area contributed by atoms with Crippen molar-refractivity contribution in [3.05, 3.63) is 29.3 Å². The minimum atomic E-state index is 0.497. The van der Waals surface area contributed by atoms with Gasteiger partial charge in [-0.1, -0.05) is 17.7 Å². The summed E-state index contributed by atoms with van der Waals surface area (Å²) in [6, 6.07) is 6.81. The first kappa shape index (κ1) is 9.22. The van der Waals surface area contributed by atoms with Crippen LogP contribution in [0.3, 0.4) is 0 Å². The Labute approximate surface area is 90.8 Å². The fourth-order valence-corrected chi connectivity index (χ4v) is 2.41.